The minimum absolute atomic E-state index is 0.0297. The number of aryl methyl sites for hydroxylation is 1. The summed E-state index contributed by atoms with van der Waals surface area (Å²) in [6.45, 7) is 30.2. The first-order valence-electron chi connectivity index (χ1n) is 18.2. The third-order valence-electron chi connectivity index (χ3n) is 10.3. The van der Waals surface area contributed by atoms with Crippen LogP contribution in [0, 0.1) is 0 Å². The number of fused-ring (bicyclic) bond motifs is 3. The fourth-order valence-electron chi connectivity index (χ4n) is 7.04. The van der Waals surface area contributed by atoms with E-state index in [0.717, 1.165) is 6.42 Å². The number of hydrogen-bond donors (Lipinski definition) is 0. The van der Waals surface area contributed by atoms with Crippen LogP contribution in [0.2, 0.25) is 0 Å². The molecule has 0 fully saturated rings. The van der Waals surface area contributed by atoms with Crippen LogP contribution in [-0.4, -0.2) is 4.57 Å². The Labute approximate surface area is 296 Å². The van der Waals surface area contributed by atoms with Crippen molar-refractivity contribution in [2.24, 2.45) is 0 Å². The highest BCUT2D eigenvalue weighted by atomic mass is 15.0. The molecule has 254 valence electrons. The lowest BCUT2D eigenvalue weighted by Crippen LogP contribution is -2.16. The number of para-hydroxylation sites is 2. The van der Waals surface area contributed by atoms with Crippen LogP contribution in [0.1, 0.15) is 118 Å². The standard InChI is InChI=1S/C48H57N/c1-14-31-18-17-20-42-41-19-15-16-21-43(41)49(44(31)42)40-27-32(34-23-36(45(2,3)4)29-37(24-34)46(5,6)7)22-33(28-40)35-25-38(47(8,9)10)30-39(26-35)48(11,12)13/h15-30H,14H2,1-13H3. The van der Waals surface area contributed by atoms with Crippen LogP contribution in [0.5, 0.6) is 0 Å². The molecule has 0 aliphatic rings. The van der Waals surface area contributed by atoms with Gasteiger partial charge < -0.3 is 4.57 Å². The Hall–Kier alpha value is -4.10. The minimum Gasteiger partial charge on any atom is -0.309 e. The maximum absolute atomic E-state index is 2.53. The van der Waals surface area contributed by atoms with Crippen LogP contribution in [0.3, 0.4) is 0 Å². The van der Waals surface area contributed by atoms with Crippen molar-refractivity contribution in [2.45, 2.75) is 118 Å². The highest BCUT2D eigenvalue weighted by Gasteiger charge is 2.24. The Morgan fingerprint density at radius 2 is 0.837 bits per heavy atom. The fraction of sp³-hybridized carbons (Fsp3) is 0.375. The molecule has 0 bridgehead atoms. The Morgan fingerprint density at radius 3 is 1.27 bits per heavy atom. The van der Waals surface area contributed by atoms with Crippen LogP contribution < -0.4 is 0 Å². The SMILES string of the molecule is CCc1cccc2c3ccccc3n(-c3cc(-c4cc(C(C)(C)C)cc(C(C)(C)C)c4)cc(-c4cc(C(C)(C)C)cc(C(C)(C)C)c4)c3)c12. The summed E-state index contributed by atoms with van der Waals surface area (Å²) >= 11 is 0. The molecule has 6 aromatic rings. The molecule has 0 unspecified atom stereocenters. The van der Waals surface area contributed by atoms with Gasteiger partial charge in [0.25, 0.3) is 0 Å². The monoisotopic (exact) mass is 647 g/mol. The maximum atomic E-state index is 2.53. The van der Waals surface area contributed by atoms with Gasteiger partial charge in [0.15, 0.2) is 0 Å². The highest BCUT2D eigenvalue weighted by Crippen LogP contribution is 2.41. The topological polar surface area (TPSA) is 4.93 Å². The predicted octanol–water partition coefficient (Wildman–Crippen LogP) is 13.9. The summed E-state index contributed by atoms with van der Waals surface area (Å²) in [4.78, 5) is 0. The molecule has 5 aromatic carbocycles. The molecule has 0 saturated heterocycles. The third-order valence-corrected chi connectivity index (χ3v) is 10.3. The summed E-state index contributed by atoms with van der Waals surface area (Å²) in [7, 11) is 0. The summed E-state index contributed by atoms with van der Waals surface area (Å²) in [5.41, 5.74) is 15.8. The molecule has 1 nitrogen and oxygen atoms in total. The molecule has 0 atom stereocenters. The van der Waals surface area contributed by atoms with Gasteiger partial charge >= 0.3 is 0 Å². The van der Waals surface area contributed by atoms with E-state index >= 15 is 0 Å². The van der Waals surface area contributed by atoms with Crippen LogP contribution in [0.15, 0.2) is 97.1 Å². The van der Waals surface area contributed by atoms with Crippen molar-refractivity contribution in [3.8, 4) is 27.9 Å². The highest BCUT2D eigenvalue weighted by molar-refractivity contribution is 6.10. The zero-order valence-corrected chi connectivity index (χ0v) is 32.4. The van der Waals surface area contributed by atoms with E-state index in [-0.39, 0.29) is 21.7 Å². The zero-order valence-electron chi connectivity index (χ0n) is 32.4. The fourth-order valence-corrected chi connectivity index (χ4v) is 7.04. The van der Waals surface area contributed by atoms with Crippen LogP contribution >= 0.6 is 0 Å². The number of benzene rings is 5. The lowest BCUT2D eigenvalue weighted by atomic mass is 9.78. The summed E-state index contributed by atoms with van der Waals surface area (Å²) in [5.74, 6) is 0. The predicted molar refractivity (Wildman–Crippen MR) is 216 cm³/mol. The van der Waals surface area contributed by atoms with E-state index in [1.807, 2.05) is 0 Å². The molecule has 0 spiro atoms. The average Bonchev–Trinajstić information content (AvgIpc) is 3.37. The normalized spacial score (nSPS) is 13.1. The number of nitrogens with zero attached hydrogens (tertiary/aromatic N) is 1. The van der Waals surface area contributed by atoms with Crippen molar-refractivity contribution in [3.05, 3.63) is 125 Å². The Bertz CT molecular complexity index is 2020. The third kappa shape index (κ3) is 6.74. The summed E-state index contributed by atoms with van der Waals surface area (Å²) in [6.07, 6.45) is 0.978. The van der Waals surface area contributed by atoms with Gasteiger partial charge in [-0.25, -0.2) is 0 Å². The lowest BCUT2D eigenvalue weighted by molar-refractivity contribution is 0.568. The van der Waals surface area contributed by atoms with Crippen LogP contribution in [-0.2, 0) is 28.1 Å². The summed E-state index contributed by atoms with van der Waals surface area (Å²) < 4.78 is 2.53. The summed E-state index contributed by atoms with van der Waals surface area (Å²) in [6, 6.07) is 37.7. The van der Waals surface area contributed by atoms with Crippen molar-refractivity contribution in [2.75, 3.05) is 0 Å². The Morgan fingerprint density at radius 1 is 0.429 bits per heavy atom. The maximum Gasteiger partial charge on any atom is 0.0572 e. The second-order valence-electron chi connectivity index (χ2n) is 18.4. The number of rotatable bonds is 4. The smallest absolute Gasteiger partial charge is 0.0572 e. The van der Waals surface area contributed by atoms with Crippen molar-refractivity contribution < 1.29 is 0 Å². The first-order chi connectivity index (χ1) is 22.8. The molecule has 1 aromatic heterocycles. The molecular weight excluding hydrogens is 591 g/mol. The molecule has 1 heterocycles. The van der Waals surface area contributed by atoms with E-state index < -0.39 is 0 Å². The van der Waals surface area contributed by atoms with E-state index in [4.69, 9.17) is 0 Å². The van der Waals surface area contributed by atoms with E-state index in [0.29, 0.717) is 0 Å². The lowest BCUT2D eigenvalue weighted by Gasteiger charge is -2.27. The van der Waals surface area contributed by atoms with Gasteiger partial charge in [0.2, 0.25) is 0 Å². The molecule has 1 heteroatoms. The van der Waals surface area contributed by atoms with Crippen molar-refractivity contribution >= 4 is 21.8 Å². The molecule has 0 saturated carbocycles. The van der Waals surface area contributed by atoms with E-state index in [1.165, 1.54) is 77.6 Å². The van der Waals surface area contributed by atoms with Crippen molar-refractivity contribution in [1.29, 1.82) is 0 Å². The number of aromatic nitrogens is 1. The van der Waals surface area contributed by atoms with Gasteiger partial charge in [-0.05, 0) is 102 Å². The second kappa shape index (κ2) is 12.0. The van der Waals surface area contributed by atoms with Gasteiger partial charge in [-0.1, -0.05) is 163 Å². The van der Waals surface area contributed by atoms with Gasteiger partial charge in [-0.3, -0.25) is 0 Å². The molecule has 0 aliphatic heterocycles. The van der Waals surface area contributed by atoms with Crippen molar-refractivity contribution in [1.82, 2.24) is 4.57 Å². The van der Waals surface area contributed by atoms with Gasteiger partial charge in [0.1, 0.15) is 0 Å². The van der Waals surface area contributed by atoms with Gasteiger partial charge in [-0.15, -0.1) is 0 Å². The first kappa shape index (κ1) is 34.8. The van der Waals surface area contributed by atoms with Gasteiger partial charge in [0.05, 0.1) is 11.0 Å². The molecule has 49 heavy (non-hydrogen) atoms. The first-order valence-corrected chi connectivity index (χ1v) is 18.2. The van der Waals surface area contributed by atoms with E-state index in [9.17, 15) is 0 Å². The average molecular weight is 648 g/mol. The Balaban J connectivity index is 1.75. The van der Waals surface area contributed by atoms with Crippen molar-refractivity contribution in [3.63, 3.8) is 0 Å². The molecular formula is C48H57N. The van der Waals surface area contributed by atoms with E-state index in [1.54, 1.807) is 0 Å². The van der Waals surface area contributed by atoms with Crippen LogP contribution in [0.4, 0.5) is 0 Å². The molecule has 0 N–H and O–H groups in total. The summed E-state index contributed by atoms with van der Waals surface area (Å²) in [5, 5.41) is 2.62. The zero-order chi connectivity index (χ0) is 35.7. The molecule has 0 radical (unpaired) electrons. The minimum atomic E-state index is 0.0297. The molecule has 6 rings (SSSR count). The van der Waals surface area contributed by atoms with Gasteiger partial charge in [0, 0.05) is 16.5 Å². The second-order valence-corrected chi connectivity index (χ2v) is 18.4. The molecule has 0 amide bonds. The van der Waals surface area contributed by atoms with Gasteiger partial charge in [-0.2, -0.15) is 0 Å². The quantitative estimate of drug-likeness (QED) is 0.179. The van der Waals surface area contributed by atoms with Crippen LogP contribution in [0.25, 0.3) is 49.7 Å². The largest absolute Gasteiger partial charge is 0.309 e. The number of hydrogen-bond acceptors (Lipinski definition) is 0. The molecule has 0 aliphatic carbocycles. The Kier molecular flexibility index (Phi) is 8.54. The van der Waals surface area contributed by atoms with E-state index in [2.05, 4.69) is 192 Å².